The Morgan fingerprint density at radius 3 is 2.78 bits per heavy atom. The van der Waals surface area contributed by atoms with Gasteiger partial charge in [0.2, 0.25) is 18.6 Å². The highest BCUT2D eigenvalue weighted by molar-refractivity contribution is 5.96. The molecule has 9 heteroatoms. The Morgan fingerprint density at radius 1 is 1.00 bits per heavy atom. The minimum absolute atomic E-state index is 0.105. The van der Waals surface area contributed by atoms with Gasteiger partial charge in [0, 0.05) is 28.9 Å². The van der Waals surface area contributed by atoms with Gasteiger partial charge < -0.3 is 28.2 Å². The van der Waals surface area contributed by atoms with Crippen LogP contribution in [0.25, 0.3) is 34.0 Å². The number of fused-ring (bicyclic) bond motifs is 2. The first-order valence-corrected chi connectivity index (χ1v) is 9.90. The minimum Gasteiger partial charge on any atom is -0.459 e. The van der Waals surface area contributed by atoms with Crippen LogP contribution in [0.1, 0.15) is 0 Å². The predicted octanol–water partition coefficient (Wildman–Crippen LogP) is 4.32. The zero-order valence-electron chi connectivity index (χ0n) is 16.6. The number of amides is 1. The third-order valence-corrected chi connectivity index (χ3v) is 5.15. The number of hydrogen-bond donors (Lipinski definition) is 1. The molecule has 2 aromatic carbocycles. The first-order valence-electron chi connectivity index (χ1n) is 9.90. The quantitative estimate of drug-likeness (QED) is 0.444. The molecule has 0 fully saturated rings. The fraction of sp³-hybridized carbons (Fsp3) is 0.0870. The van der Waals surface area contributed by atoms with E-state index in [1.54, 1.807) is 36.6 Å². The van der Waals surface area contributed by atoms with Crippen molar-refractivity contribution in [3.05, 3.63) is 67.1 Å². The van der Waals surface area contributed by atoms with Gasteiger partial charge in [-0.3, -0.25) is 4.79 Å². The number of aromatic nitrogens is 3. The Balaban J connectivity index is 1.29. The van der Waals surface area contributed by atoms with Gasteiger partial charge in [0.25, 0.3) is 5.89 Å². The Labute approximate surface area is 181 Å². The summed E-state index contributed by atoms with van der Waals surface area (Å²) in [5, 5.41) is 12.0. The second kappa shape index (κ2) is 7.31. The van der Waals surface area contributed by atoms with E-state index in [1.165, 1.54) is 0 Å². The fourth-order valence-electron chi connectivity index (χ4n) is 3.71. The molecule has 6 rings (SSSR count). The number of nitrogens with zero attached hydrogens (tertiary/aromatic N) is 3. The van der Waals surface area contributed by atoms with Crippen molar-refractivity contribution >= 4 is 22.5 Å². The summed E-state index contributed by atoms with van der Waals surface area (Å²) in [4.78, 5) is 12.8. The Kier molecular flexibility index (Phi) is 4.17. The molecule has 1 aliphatic rings. The third kappa shape index (κ3) is 3.16. The van der Waals surface area contributed by atoms with Crippen molar-refractivity contribution in [2.75, 3.05) is 12.1 Å². The number of hydrogen-bond acceptors (Lipinski definition) is 7. The molecule has 0 bridgehead atoms. The summed E-state index contributed by atoms with van der Waals surface area (Å²) in [5.74, 6) is 2.23. The smallest absolute Gasteiger partial charge is 0.283 e. The molecule has 0 saturated carbocycles. The van der Waals surface area contributed by atoms with Crippen LogP contribution in [0, 0.1) is 0 Å². The molecule has 1 amide bonds. The van der Waals surface area contributed by atoms with E-state index in [0.717, 1.165) is 16.5 Å². The van der Waals surface area contributed by atoms with E-state index in [4.69, 9.17) is 18.3 Å². The predicted molar refractivity (Wildman–Crippen MR) is 114 cm³/mol. The van der Waals surface area contributed by atoms with Gasteiger partial charge in [-0.25, -0.2) is 0 Å². The van der Waals surface area contributed by atoms with Gasteiger partial charge in [0.1, 0.15) is 6.54 Å². The number of anilines is 1. The SMILES string of the molecule is O=C(Cn1cc(-c2nnc(-c3ccco3)o2)c2ccccc21)Nc1ccc2c(c1)OCO2. The largest absolute Gasteiger partial charge is 0.459 e. The molecule has 1 N–H and O–H groups in total. The van der Waals surface area contributed by atoms with Crippen LogP contribution in [-0.2, 0) is 11.3 Å². The lowest BCUT2D eigenvalue weighted by molar-refractivity contribution is -0.116. The summed E-state index contributed by atoms with van der Waals surface area (Å²) in [7, 11) is 0. The number of nitrogens with one attached hydrogen (secondary N) is 1. The van der Waals surface area contributed by atoms with Gasteiger partial charge in [-0.15, -0.1) is 10.2 Å². The van der Waals surface area contributed by atoms with Crippen LogP contribution in [-0.4, -0.2) is 27.5 Å². The van der Waals surface area contributed by atoms with Gasteiger partial charge in [-0.05, 0) is 30.3 Å². The zero-order chi connectivity index (χ0) is 21.5. The lowest BCUT2D eigenvalue weighted by Crippen LogP contribution is -2.18. The van der Waals surface area contributed by atoms with Crippen LogP contribution < -0.4 is 14.8 Å². The summed E-state index contributed by atoms with van der Waals surface area (Å²) in [5.41, 5.74) is 2.25. The van der Waals surface area contributed by atoms with Crippen molar-refractivity contribution in [2.45, 2.75) is 6.54 Å². The van der Waals surface area contributed by atoms with Crippen LogP contribution in [0.15, 0.2) is 75.9 Å². The molecule has 0 atom stereocenters. The maximum Gasteiger partial charge on any atom is 0.283 e. The summed E-state index contributed by atoms with van der Waals surface area (Å²) in [6.45, 7) is 0.288. The van der Waals surface area contributed by atoms with Crippen molar-refractivity contribution in [1.82, 2.24) is 14.8 Å². The highest BCUT2D eigenvalue weighted by Gasteiger charge is 2.19. The van der Waals surface area contributed by atoms with Crippen molar-refractivity contribution in [1.29, 1.82) is 0 Å². The Hall–Kier alpha value is -4.53. The zero-order valence-corrected chi connectivity index (χ0v) is 16.6. The summed E-state index contributed by atoms with van der Waals surface area (Å²) in [6, 6.07) is 16.5. The maximum atomic E-state index is 12.8. The molecule has 0 radical (unpaired) electrons. The van der Waals surface area contributed by atoms with Crippen molar-refractivity contribution in [3.8, 4) is 34.6 Å². The molecule has 0 saturated heterocycles. The maximum absolute atomic E-state index is 12.8. The second-order valence-corrected chi connectivity index (χ2v) is 7.19. The summed E-state index contributed by atoms with van der Waals surface area (Å²) >= 11 is 0. The third-order valence-electron chi connectivity index (χ3n) is 5.15. The summed E-state index contributed by atoms with van der Waals surface area (Å²) in [6.07, 6.45) is 3.38. The fourth-order valence-corrected chi connectivity index (χ4v) is 3.71. The monoisotopic (exact) mass is 428 g/mol. The molecule has 32 heavy (non-hydrogen) atoms. The van der Waals surface area contributed by atoms with E-state index in [-0.39, 0.29) is 19.2 Å². The second-order valence-electron chi connectivity index (χ2n) is 7.19. The lowest BCUT2D eigenvalue weighted by Gasteiger charge is -2.08. The molecule has 4 heterocycles. The van der Waals surface area contributed by atoms with Crippen LogP contribution in [0.2, 0.25) is 0 Å². The van der Waals surface area contributed by atoms with Crippen LogP contribution >= 0.6 is 0 Å². The molecule has 5 aromatic rings. The number of carbonyl (C=O) groups is 1. The number of rotatable bonds is 5. The highest BCUT2D eigenvalue weighted by atomic mass is 16.7. The highest BCUT2D eigenvalue weighted by Crippen LogP contribution is 2.35. The average Bonchev–Trinajstić information content (AvgIpc) is 3.59. The van der Waals surface area contributed by atoms with Crippen molar-refractivity contribution in [2.24, 2.45) is 0 Å². The van der Waals surface area contributed by atoms with E-state index in [0.29, 0.717) is 34.7 Å². The van der Waals surface area contributed by atoms with Crippen molar-refractivity contribution in [3.63, 3.8) is 0 Å². The average molecular weight is 428 g/mol. The molecule has 1 aliphatic heterocycles. The number of carbonyl (C=O) groups excluding carboxylic acids is 1. The van der Waals surface area contributed by atoms with Gasteiger partial charge in [0.05, 0.1) is 11.8 Å². The van der Waals surface area contributed by atoms with Crippen LogP contribution in [0.5, 0.6) is 11.5 Å². The lowest BCUT2D eigenvalue weighted by atomic mass is 10.2. The van der Waals surface area contributed by atoms with E-state index in [1.807, 2.05) is 35.0 Å². The minimum atomic E-state index is -0.182. The summed E-state index contributed by atoms with van der Waals surface area (Å²) < 4.78 is 23.7. The molecule has 158 valence electrons. The Bertz CT molecular complexity index is 1430. The van der Waals surface area contributed by atoms with Gasteiger partial charge in [-0.2, -0.15) is 0 Å². The van der Waals surface area contributed by atoms with Gasteiger partial charge in [0.15, 0.2) is 17.3 Å². The standard InChI is InChI=1S/C23H16N4O5/c28-21(24-14-7-8-18-20(10-14)31-13-30-18)12-27-11-16(15-4-1-2-5-17(15)27)22-25-26-23(32-22)19-6-3-9-29-19/h1-11H,12-13H2,(H,24,28). The van der Waals surface area contributed by atoms with Crippen LogP contribution in [0.4, 0.5) is 5.69 Å². The van der Waals surface area contributed by atoms with E-state index < -0.39 is 0 Å². The molecular weight excluding hydrogens is 412 g/mol. The van der Waals surface area contributed by atoms with Crippen LogP contribution in [0.3, 0.4) is 0 Å². The van der Waals surface area contributed by atoms with Crippen molar-refractivity contribution < 1.29 is 23.1 Å². The van der Waals surface area contributed by atoms with E-state index >= 15 is 0 Å². The molecule has 9 nitrogen and oxygen atoms in total. The molecular formula is C23H16N4O5. The number of ether oxygens (including phenoxy) is 2. The molecule has 0 spiro atoms. The van der Waals surface area contributed by atoms with Gasteiger partial charge in [-0.1, -0.05) is 18.2 Å². The molecule has 0 unspecified atom stereocenters. The van der Waals surface area contributed by atoms with E-state index in [9.17, 15) is 4.79 Å². The number of furan rings is 1. The molecule has 3 aromatic heterocycles. The first-order chi connectivity index (χ1) is 15.7. The van der Waals surface area contributed by atoms with Gasteiger partial charge >= 0.3 is 0 Å². The topological polar surface area (TPSA) is 105 Å². The number of para-hydroxylation sites is 1. The normalized spacial score (nSPS) is 12.4. The number of benzene rings is 2. The Morgan fingerprint density at radius 2 is 1.88 bits per heavy atom. The van der Waals surface area contributed by atoms with E-state index in [2.05, 4.69) is 15.5 Å². The molecule has 0 aliphatic carbocycles. The first kappa shape index (κ1) is 18.3.